The number of nitro benzene ring substituents is 1. The molecular weight excluding hydrogens is 518 g/mol. The monoisotopic (exact) mass is 546 g/mol. The van der Waals surface area contributed by atoms with Crippen LogP contribution >= 0.6 is 0 Å². The Balaban J connectivity index is 1.66. The van der Waals surface area contributed by atoms with Crippen LogP contribution in [0.1, 0.15) is 29.5 Å². The number of nitro groups is 1. The van der Waals surface area contributed by atoms with Gasteiger partial charge in [0.15, 0.2) is 11.5 Å². The topological polar surface area (TPSA) is 144 Å². The number of hydrogen-bond acceptors (Lipinski definition) is 10. The largest absolute Gasteiger partial charge is 0.865 e. The lowest BCUT2D eigenvalue weighted by atomic mass is 9.76. The van der Waals surface area contributed by atoms with Crippen molar-refractivity contribution in [1.29, 1.82) is 0 Å². The van der Waals surface area contributed by atoms with Gasteiger partial charge in [-0.15, -0.1) is 0 Å². The number of benzene rings is 3. The minimum Gasteiger partial charge on any atom is -0.865 e. The van der Waals surface area contributed by atoms with Crippen LogP contribution in [0.2, 0.25) is 0 Å². The molecule has 11 heteroatoms. The molecule has 0 bridgehead atoms. The summed E-state index contributed by atoms with van der Waals surface area (Å²) in [6, 6.07) is 13.0. The fraction of sp³-hybridized carbons (Fsp3) is 0.276. The van der Waals surface area contributed by atoms with Crippen molar-refractivity contribution >= 4 is 22.8 Å². The van der Waals surface area contributed by atoms with Gasteiger partial charge in [0.05, 0.1) is 56.7 Å². The molecule has 0 amide bonds. The zero-order chi connectivity index (χ0) is 28.6. The van der Waals surface area contributed by atoms with Gasteiger partial charge in [0.2, 0.25) is 5.75 Å². The summed E-state index contributed by atoms with van der Waals surface area (Å²) < 4.78 is 21.7. The quantitative estimate of drug-likeness (QED) is 0.320. The second kappa shape index (κ2) is 10.7. The summed E-state index contributed by atoms with van der Waals surface area (Å²) in [6.07, 6.45) is 2.14. The van der Waals surface area contributed by atoms with Crippen molar-refractivity contribution in [3.05, 3.63) is 81.5 Å². The van der Waals surface area contributed by atoms with E-state index in [0.717, 1.165) is 11.3 Å². The number of hydrogen-bond donors (Lipinski definition) is 2. The molecule has 1 aliphatic carbocycles. The smallest absolute Gasteiger partial charge is 0.265 e. The number of allylic oxidation sites excluding steroid dienone is 1. The Kier molecular flexibility index (Phi) is 7.12. The first-order chi connectivity index (χ1) is 19.3. The highest BCUT2D eigenvalue weighted by molar-refractivity contribution is 5.91. The number of nitrogens with one attached hydrogen (secondary N) is 2. The molecule has 0 saturated carbocycles. The summed E-state index contributed by atoms with van der Waals surface area (Å²) in [6.45, 7) is 0. The van der Waals surface area contributed by atoms with Crippen molar-refractivity contribution in [3.63, 3.8) is 0 Å². The van der Waals surface area contributed by atoms with Crippen LogP contribution in [-0.4, -0.2) is 39.1 Å². The maximum absolute atomic E-state index is 13.9. The molecular formula is C29H28N3O8-. The molecule has 1 heterocycles. The second-order valence-electron chi connectivity index (χ2n) is 9.46. The number of fused-ring (bicyclic) bond motifs is 2. The predicted molar refractivity (Wildman–Crippen MR) is 146 cm³/mol. The standard InChI is InChI=1S/C29H29N3O8/c1-37-23-14-17(10-21(28(23)34)32(35)36)27-26-20(30-18-7-5-6-8-19(18)31-27)9-15(11-22(26)33)16-12-24(38-2)29(40-4)25(13-16)39-3/h5-10,12-15,26-27,30-31,34H,11H2,1-4H3/p-1. The molecule has 3 unspecified atom stereocenters. The van der Waals surface area contributed by atoms with E-state index in [1.54, 1.807) is 0 Å². The fourth-order valence-corrected chi connectivity index (χ4v) is 5.39. The van der Waals surface area contributed by atoms with Crippen molar-refractivity contribution in [2.75, 3.05) is 39.1 Å². The maximum atomic E-state index is 13.9. The Labute approximate surface area is 230 Å². The first-order valence-electron chi connectivity index (χ1n) is 12.5. The number of para-hydroxylation sites is 2. The van der Waals surface area contributed by atoms with Crippen molar-refractivity contribution in [1.82, 2.24) is 0 Å². The summed E-state index contributed by atoms with van der Waals surface area (Å²) in [5.41, 5.74) is 2.63. The lowest BCUT2D eigenvalue weighted by Crippen LogP contribution is -2.34. The molecule has 0 fully saturated rings. The molecule has 11 nitrogen and oxygen atoms in total. The van der Waals surface area contributed by atoms with Crippen LogP contribution in [0.25, 0.3) is 0 Å². The first kappa shape index (κ1) is 26.7. The molecule has 40 heavy (non-hydrogen) atoms. The van der Waals surface area contributed by atoms with Gasteiger partial charge in [-0.2, -0.15) is 0 Å². The lowest BCUT2D eigenvalue weighted by molar-refractivity contribution is -0.398. The van der Waals surface area contributed by atoms with E-state index in [1.807, 2.05) is 42.5 Å². The lowest BCUT2D eigenvalue weighted by Gasteiger charge is -2.33. The van der Waals surface area contributed by atoms with Crippen LogP contribution in [0.3, 0.4) is 0 Å². The van der Waals surface area contributed by atoms with Crippen molar-refractivity contribution in [2.45, 2.75) is 18.4 Å². The van der Waals surface area contributed by atoms with Gasteiger partial charge in [-0.25, -0.2) is 0 Å². The zero-order valence-corrected chi connectivity index (χ0v) is 22.3. The van der Waals surface area contributed by atoms with Crippen LogP contribution in [-0.2, 0) is 4.79 Å². The van der Waals surface area contributed by atoms with Gasteiger partial charge >= 0.3 is 0 Å². The molecule has 5 rings (SSSR count). The molecule has 2 N–H and O–H groups in total. The second-order valence-corrected chi connectivity index (χ2v) is 9.46. The molecule has 2 aliphatic rings. The maximum Gasteiger partial charge on any atom is 0.265 e. The number of Topliss-reactive ketones (excluding diaryl/α,β-unsaturated/α-hetero) is 1. The normalized spacial score (nSPS) is 19.6. The molecule has 3 aromatic rings. The van der Waals surface area contributed by atoms with E-state index in [0.29, 0.717) is 34.2 Å². The summed E-state index contributed by atoms with van der Waals surface area (Å²) in [5, 5.41) is 31.0. The van der Waals surface area contributed by atoms with Crippen LogP contribution in [0, 0.1) is 16.0 Å². The number of ketones is 1. The summed E-state index contributed by atoms with van der Waals surface area (Å²) >= 11 is 0. The number of ether oxygens (including phenoxy) is 4. The SMILES string of the molecule is COc1cc(C2Nc3ccccc3NC3=CC(c4cc(OC)c(OC)c(OC)c4)CC(=O)C32)cc([N+](=O)[O-])c1[O-]. The van der Waals surface area contributed by atoms with Crippen LogP contribution in [0.4, 0.5) is 17.1 Å². The highest BCUT2D eigenvalue weighted by Gasteiger charge is 2.41. The number of carbonyl (C=O) groups is 1. The minimum absolute atomic E-state index is 0.0955. The molecule has 0 saturated heterocycles. The number of anilines is 2. The summed E-state index contributed by atoms with van der Waals surface area (Å²) in [5.74, 6) is -0.740. The van der Waals surface area contributed by atoms with E-state index in [1.165, 1.54) is 40.6 Å². The average molecular weight is 547 g/mol. The molecule has 1 aliphatic heterocycles. The van der Waals surface area contributed by atoms with E-state index in [9.17, 15) is 20.0 Å². The third-order valence-corrected chi connectivity index (χ3v) is 7.28. The molecule has 3 aromatic carbocycles. The third kappa shape index (κ3) is 4.59. The van der Waals surface area contributed by atoms with Crippen LogP contribution in [0.15, 0.2) is 60.3 Å². The highest BCUT2D eigenvalue weighted by Crippen LogP contribution is 2.48. The van der Waals surface area contributed by atoms with Gasteiger partial charge in [-0.1, -0.05) is 18.2 Å². The molecule has 0 radical (unpaired) electrons. The summed E-state index contributed by atoms with van der Waals surface area (Å²) in [4.78, 5) is 24.9. The Morgan fingerprint density at radius 1 is 0.875 bits per heavy atom. The van der Waals surface area contributed by atoms with Gasteiger partial charge in [0.1, 0.15) is 11.5 Å². The Hall–Kier alpha value is -4.93. The fourth-order valence-electron chi connectivity index (χ4n) is 5.39. The van der Waals surface area contributed by atoms with E-state index >= 15 is 0 Å². The predicted octanol–water partition coefficient (Wildman–Crippen LogP) is 4.54. The van der Waals surface area contributed by atoms with Crippen molar-refractivity contribution in [3.8, 4) is 28.7 Å². The Morgan fingerprint density at radius 3 is 2.10 bits per heavy atom. The number of rotatable bonds is 7. The van der Waals surface area contributed by atoms with Gasteiger partial charge in [0, 0.05) is 29.9 Å². The highest BCUT2D eigenvalue weighted by atomic mass is 16.6. The first-order valence-corrected chi connectivity index (χ1v) is 12.5. The van der Waals surface area contributed by atoms with E-state index < -0.39 is 28.3 Å². The van der Waals surface area contributed by atoms with Gasteiger partial charge in [-0.05, 0) is 41.5 Å². The third-order valence-electron chi connectivity index (χ3n) is 7.28. The number of methoxy groups -OCH3 is 4. The Bertz CT molecular complexity index is 1490. The Morgan fingerprint density at radius 2 is 1.50 bits per heavy atom. The van der Waals surface area contributed by atoms with Gasteiger partial charge in [0.25, 0.3) is 5.69 Å². The van der Waals surface area contributed by atoms with Gasteiger partial charge in [-0.3, -0.25) is 14.9 Å². The average Bonchev–Trinajstić information content (AvgIpc) is 3.13. The van der Waals surface area contributed by atoms with Gasteiger partial charge < -0.3 is 34.7 Å². The number of carbonyl (C=O) groups excluding carboxylic acids is 1. The van der Waals surface area contributed by atoms with E-state index in [4.69, 9.17) is 18.9 Å². The van der Waals surface area contributed by atoms with Crippen LogP contribution < -0.4 is 34.7 Å². The summed E-state index contributed by atoms with van der Waals surface area (Å²) in [7, 11) is 5.86. The zero-order valence-electron chi connectivity index (χ0n) is 22.3. The molecule has 208 valence electrons. The van der Waals surface area contributed by atoms with Crippen molar-refractivity contribution in [2.24, 2.45) is 5.92 Å². The molecule has 0 spiro atoms. The van der Waals surface area contributed by atoms with Crippen molar-refractivity contribution < 1.29 is 33.8 Å². The number of nitrogens with zero attached hydrogens (tertiary/aromatic N) is 1. The minimum atomic E-state index is -0.823. The van der Waals surface area contributed by atoms with Crippen LogP contribution in [0.5, 0.6) is 28.7 Å². The van der Waals surface area contributed by atoms with E-state index in [-0.39, 0.29) is 23.9 Å². The molecule has 0 aromatic heterocycles. The molecule has 3 atom stereocenters. The van der Waals surface area contributed by atoms with E-state index in [2.05, 4.69) is 10.6 Å².